The zero-order valence-electron chi connectivity index (χ0n) is 27.1. The summed E-state index contributed by atoms with van der Waals surface area (Å²) in [5.74, 6) is 0. The topological polar surface area (TPSA) is 9.72 Å². The van der Waals surface area contributed by atoms with Crippen LogP contribution in [0.15, 0.2) is 170 Å². The summed E-state index contributed by atoms with van der Waals surface area (Å²) in [5, 5.41) is 0. The Balaban J connectivity index is 1.43. The molecule has 0 aliphatic carbocycles. The van der Waals surface area contributed by atoms with Gasteiger partial charge in [-0.05, 0) is 102 Å². The molecule has 0 aromatic heterocycles. The number of hydrogen-bond donors (Lipinski definition) is 0. The van der Waals surface area contributed by atoms with Gasteiger partial charge < -0.3 is 14.7 Å². The maximum atomic E-state index is 2.53. The van der Waals surface area contributed by atoms with Crippen molar-refractivity contribution >= 4 is 74.3 Å². The molecule has 9 rings (SSSR count). The number of benzene rings is 7. The molecule has 0 saturated heterocycles. The van der Waals surface area contributed by atoms with Crippen molar-refractivity contribution in [2.45, 2.75) is 13.8 Å². The molecule has 0 bridgehead atoms. The van der Waals surface area contributed by atoms with Gasteiger partial charge in [-0.1, -0.05) is 109 Å². The Hall–Kier alpha value is -6.00. The van der Waals surface area contributed by atoms with Crippen LogP contribution in [0.25, 0.3) is 0 Å². The highest BCUT2D eigenvalue weighted by atomic mass is 15.2. The van der Waals surface area contributed by atoms with Gasteiger partial charge in [0, 0.05) is 45.5 Å². The minimum absolute atomic E-state index is 0.0808. The third kappa shape index (κ3) is 4.37. The first-order valence-electron chi connectivity index (χ1n) is 16.7. The molecule has 7 aromatic carbocycles. The fourth-order valence-electron chi connectivity index (χ4n) is 7.81. The van der Waals surface area contributed by atoms with Gasteiger partial charge in [-0.3, -0.25) is 0 Å². The van der Waals surface area contributed by atoms with E-state index < -0.39 is 0 Å². The predicted octanol–water partition coefficient (Wildman–Crippen LogP) is 9.86. The first-order valence-corrected chi connectivity index (χ1v) is 16.7. The van der Waals surface area contributed by atoms with Crippen molar-refractivity contribution in [1.82, 2.24) is 0 Å². The summed E-state index contributed by atoms with van der Waals surface area (Å²) in [4.78, 5) is 7.39. The largest absolute Gasteiger partial charge is 0.311 e. The van der Waals surface area contributed by atoms with E-state index in [-0.39, 0.29) is 6.71 Å². The van der Waals surface area contributed by atoms with Crippen LogP contribution < -0.4 is 31.1 Å². The van der Waals surface area contributed by atoms with E-state index in [2.05, 4.69) is 198 Å². The van der Waals surface area contributed by atoms with Gasteiger partial charge in [0.05, 0.1) is 5.69 Å². The number of nitrogens with zero attached hydrogens (tertiary/aromatic N) is 3. The van der Waals surface area contributed by atoms with E-state index in [0.29, 0.717) is 0 Å². The molecule has 0 unspecified atom stereocenters. The predicted molar refractivity (Wildman–Crippen MR) is 205 cm³/mol. The zero-order valence-corrected chi connectivity index (χ0v) is 27.1. The zero-order chi connectivity index (χ0) is 32.2. The molecule has 228 valence electrons. The van der Waals surface area contributed by atoms with Gasteiger partial charge in [-0.2, -0.15) is 0 Å². The molecule has 0 fully saturated rings. The smallest absolute Gasteiger partial charge is 0.252 e. The number of rotatable bonds is 5. The average Bonchev–Trinajstić information content (AvgIpc) is 3.13. The number of fused-ring (bicyclic) bond motifs is 4. The number of anilines is 9. The van der Waals surface area contributed by atoms with Crippen molar-refractivity contribution < 1.29 is 0 Å². The Labute approximate surface area is 283 Å². The lowest BCUT2D eigenvalue weighted by molar-refractivity contribution is 1.20. The van der Waals surface area contributed by atoms with Gasteiger partial charge in [0.15, 0.2) is 0 Å². The van der Waals surface area contributed by atoms with Crippen LogP contribution in [0.1, 0.15) is 11.1 Å². The van der Waals surface area contributed by atoms with Gasteiger partial charge in [0.2, 0.25) is 0 Å². The summed E-state index contributed by atoms with van der Waals surface area (Å²) in [6, 6.07) is 61.7. The third-order valence-electron chi connectivity index (χ3n) is 9.84. The summed E-state index contributed by atoms with van der Waals surface area (Å²) in [6.45, 7) is 4.56. The van der Waals surface area contributed by atoms with Crippen LogP contribution in [0.2, 0.25) is 0 Å². The van der Waals surface area contributed by atoms with Crippen LogP contribution in [-0.4, -0.2) is 6.71 Å². The van der Waals surface area contributed by atoms with Crippen LogP contribution in [0.4, 0.5) is 51.2 Å². The van der Waals surface area contributed by atoms with Crippen LogP contribution in [0, 0.1) is 13.8 Å². The van der Waals surface area contributed by atoms with Crippen LogP contribution in [0.5, 0.6) is 0 Å². The molecule has 3 nitrogen and oxygen atoms in total. The van der Waals surface area contributed by atoms with Crippen LogP contribution in [0.3, 0.4) is 0 Å². The Kier molecular flexibility index (Phi) is 6.68. The van der Waals surface area contributed by atoms with Gasteiger partial charge in [0.25, 0.3) is 6.71 Å². The monoisotopic (exact) mass is 615 g/mol. The summed E-state index contributed by atoms with van der Waals surface area (Å²) < 4.78 is 0. The Morgan fingerprint density at radius 3 is 1.60 bits per heavy atom. The SMILES string of the molecule is Cc1ccccc1N1c2cc(N(c3ccccc3)c3ccccc3)cc3c2B(c2ccccc2N3c2ccccc2)c2cccc(C)c21. The van der Waals surface area contributed by atoms with Crippen LogP contribution in [-0.2, 0) is 0 Å². The molecule has 0 radical (unpaired) electrons. The van der Waals surface area contributed by atoms with E-state index in [1.165, 1.54) is 56.0 Å². The van der Waals surface area contributed by atoms with Crippen molar-refractivity contribution in [2.24, 2.45) is 0 Å². The average molecular weight is 616 g/mol. The molecular weight excluding hydrogens is 581 g/mol. The van der Waals surface area contributed by atoms with E-state index in [4.69, 9.17) is 0 Å². The lowest BCUT2D eigenvalue weighted by Crippen LogP contribution is -2.61. The van der Waals surface area contributed by atoms with Gasteiger partial charge in [-0.25, -0.2) is 0 Å². The second-order valence-electron chi connectivity index (χ2n) is 12.7. The van der Waals surface area contributed by atoms with Gasteiger partial charge in [0.1, 0.15) is 0 Å². The molecule has 4 heteroatoms. The minimum Gasteiger partial charge on any atom is -0.311 e. The molecule has 0 saturated carbocycles. The molecule has 0 amide bonds. The van der Waals surface area contributed by atoms with E-state index in [1.54, 1.807) is 0 Å². The molecule has 0 atom stereocenters. The van der Waals surface area contributed by atoms with E-state index in [9.17, 15) is 0 Å². The second kappa shape index (κ2) is 11.4. The summed E-state index contributed by atoms with van der Waals surface area (Å²) >= 11 is 0. The number of hydrogen-bond acceptors (Lipinski definition) is 3. The van der Waals surface area contributed by atoms with Crippen molar-refractivity contribution in [3.8, 4) is 0 Å². The highest BCUT2D eigenvalue weighted by Crippen LogP contribution is 2.48. The molecular formula is C44H34BN3. The molecule has 2 aliphatic heterocycles. The van der Waals surface area contributed by atoms with Gasteiger partial charge in [-0.15, -0.1) is 0 Å². The van der Waals surface area contributed by atoms with Crippen molar-refractivity contribution in [3.63, 3.8) is 0 Å². The Morgan fingerprint density at radius 2 is 0.938 bits per heavy atom. The summed E-state index contributed by atoms with van der Waals surface area (Å²) in [5.41, 5.74) is 17.0. The molecule has 0 spiro atoms. The molecule has 0 N–H and O–H groups in total. The van der Waals surface area contributed by atoms with Crippen molar-refractivity contribution in [1.29, 1.82) is 0 Å². The minimum atomic E-state index is 0.0808. The van der Waals surface area contributed by atoms with Crippen molar-refractivity contribution in [2.75, 3.05) is 14.7 Å². The third-order valence-corrected chi connectivity index (χ3v) is 9.84. The molecule has 7 aromatic rings. The van der Waals surface area contributed by atoms with E-state index in [1.807, 2.05) is 0 Å². The lowest BCUT2D eigenvalue weighted by Gasteiger charge is -2.45. The Bertz CT molecular complexity index is 2250. The number of aryl methyl sites for hydroxylation is 2. The Morgan fingerprint density at radius 1 is 0.417 bits per heavy atom. The highest BCUT2D eigenvalue weighted by molar-refractivity contribution is 7.00. The van der Waals surface area contributed by atoms with Gasteiger partial charge >= 0.3 is 0 Å². The fourth-order valence-corrected chi connectivity index (χ4v) is 7.81. The number of para-hydroxylation sites is 6. The van der Waals surface area contributed by atoms with Crippen LogP contribution >= 0.6 is 0 Å². The standard InChI is InChI=1S/C44H34BN3/c1-31-17-12-14-27-39(31)48-42-30-36(46(33-19-6-3-7-20-33)34-21-8-4-9-22-34)29-41-43(42)45(38-26-16-18-32(2)44(38)48)37-25-13-15-28-40(37)47(41)35-23-10-5-11-24-35/h3-30H,1-2H3. The molecule has 2 aliphatic rings. The maximum absolute atomic E-state index is 2.53. The summed E-state index contributed by atoms with van der Waals surface area (Å²) in [7, 11) is 0. The summed E-state index contributed by atoms with van der Waals surface area (Å²) in [6.07, 6.45) is 0. The highest BCUT2D eigenvalue weighted by Gasteiger charge is 2.44. The van der Waals surface area contributed by atoms with E-state index >= 15 is 0 Å². The fraction of sp³-hybridized carbons (Fsp3) is 0.0455. The first kappa shape index (κ1) is 28.2. The molecule has 48 heavy (non-hydrogen) atoms. The quantitative estimate of drug-likeness (QED) is 0.179. The van der Waals surface area contributed by atoms with E-state index in [0.717, 1.165) is 22.7 Å². The second-order valence-corrected chi connectivity index (χ2v) is 12.7. The maximum Gasteiger partial charge on any atom is 0.252 e. The van der Waals surface area contributed by atoms with Crippen molar-refractivity contribution in [3.05, 3.63) is 181 Å². The molecule has 2 heterocycles. The normalized spacial score (nSPS) is 12.7. The first-order chi connectivity index (χ1) is 23.7. The lowest BCUT2D eigenvalue weighted by atomic mass is 9.33.